The van der Waals surface area contributed by atoms with Crippen molar-refractivity contribution in [3.63, 3.8) is 0 Å². The van der Waals surface area contributed by atoms with Crippen molar-refractivity contribution in [2.45, 2.75) is 26.2 Å². The van der Waals surface area contributed by atoms with Crippen molar-refractivity contribution >= 4 is 11.9 Å². The fraction of sp³-hybridized carbons (Fsp3) is 0.259. The summed E-state index contributed by atoms with van der Waals surface area (Å²) in [6.07, 6.45) is 6.19. The van der Waals surface area contributed by atoms with Crippen LogP contribution in [0.25, 0.3) is 6.08 Å². The van der Waals surface area contributed by atoms with Crippen LogP contribution in [0.5, 0.6) is 17.2 Å². The zero-order valence-corrected chi connectivity index (χ0v) is 18.7. The minimum atomic E-state index is 0.0304. The normalized spacial score (nSPS) is 13.8. The van der Waals surface area contributed by atoms with Crippen LogP contribution in [0, 0.1) is 0 Å². The van der Waals surface area contributed by atoms with E-state index in [0.29, 0.717) is 30.1 Å². The van der Waals surface area contributed by atoms with Gasteiger partial charge < -0.3 is 14.2 Å². The van der Waals surface area contributed by atoms with E-state index in [1.54, 1.807) is 20.3 Å². The zero-order valence-electron chi connectivity index (χ0n) is 18.7. The summed E-state index contributed by atoms with van der Waals surface area (Å²) in [5.74, 6) is 2.04. The molecule has 0 unspecified atom stereocenters. The standard InChI is InChI=1S/C27H27NO4/c1-4-18-5-8-22(28-17-18)11-12-32-23-9-6-19(7-10-23)13-21-14-20-15-25(30-2)26(31-3)16-24(20)27(21)29/h5-10,13,15-17H,4,11-12,14H2,1-3H3. The van der Waals surface area contributed by atoms with E-state index in [4.69, 9.17) is 14.2 Å². The number of carbonyl (C=O) groups excluding carboxylic acids is 1. The quantitative estimate of drug-likeness (QED) is 0.466. The van der Waals surface area contributed by atoms with Gasteiger partial charge in [0.1, 0.15) is 5.75 Å². The van der Waals surface area contributed by atoms with Gasteiger partial charge in [-0.25, -0.2) is 0 Å². The number of ketones is 1. The zero-order chi connectivity index (χ0) is 22.5. The van der Waals surface area contributed by atoms with Crippen molar-refractivity contribution in [1.82, 2.24) is 4.98 Å². The van der Waals surface area contributed by atoms with Crippen LogP contribution in [0.1, 0.15) is 39.7 Å². The third-order valence-corrected chi connectivity index (χ3v) is 5.67. The highest BCUT2D eigenvalue weighted by atomic mass is 16.5. The van der Waals surface area contributed by atoms with Gasteiger partial charge in [0.05, 0.1) is 20.8 Å². The predicted molar refractivity (Wildman–Crippen MR) is 125 cm³/mol. The number of hydrogen-bond acceptors (Lipinski definition) is 5. The number of rotatable bonds is 8. The molecule has 1 heterocycles. The molecule has 0 saturated heterocycles. The average molecular weight is 430 g/mol. The summed E-state index contributed by atoms with van der Waals surface area (Å²) < 4.78 is 16.6. The van der Waals surface area contributed by atoms with Gasteiger partial charge in [0.15, 0.2) is 17.3 Å². The molecule has 0 fully saturated rings. The number of Topliss-reactive ketones (excluding diaryl/α,β-unsaturated/α-hetero) is 1. The van der Waals surface area contributed by atoms with Gasteiger partial charge in [-0.05, 0) is 59.5 Å². The second-order valence-corrected chi connectivity index (χ2v) is 7.72. The molecule has 32 heavy (non-hydrogen) atoms. The Bertz CT molecular complexity index is 1130. The molecule has 0 amide bonds. The number of fused-ring (bicyclic) bond motifs is 1. The highest BCUT2D eigenvalue weighted by molar-refractivity contribution is 6.15. The molecular weight excluding hydrogens is 402 g/mol. The maximum Gasteiger partial charge on any atom is 0.189 e. The van der Waals surface area contributed by atoms with Crippen LogP contribution in [0.3, 0.4) is 0 Å². The lowest BCUT2D eigenvalue weighted by Gasteiger charge is -2.08. The average Bonchev–Trinajstić information content (AvgIpc) is 3.13. The molecule has 5 nitrogen and oxygen atoms in total. The summed E-state index contributed by atoms with van der Waals surface area (Å²) in [4.78, 5) is 17.3. The Morgan fingerprint density at radius 3 is 2.41 bits per heavy atom. The molecule has 4 rings (SSSR count). The van der Waals surface area contributed by atoms with Gasteiger partial charge in [0, 0.05) is 35.9 Å². The first kappa shape index (κ1) is 21.6. The second-order valence-electron chi connectivity index (χ2n) is 7.72. The topological polar surface area (TPSA) is 57.7 Å². The van der Waals surface area contributed by atoms with Crippen LogP contribution in [0.4, 0.5) is 0 Å². The van der Waals surface area contributed by atoms with Gasteiger partial charge in [-0.2, -0.15) is 0 Å². The van der Waals surface area contributed by atoms with Crippen molar-refractivity contribution < 1.29 is 19.0 Å². The number of allylic oxidation sites excluding steroid dienone is 1. The van der Waals surface area contributed by atoms with Crippen LogP contribution in [-0.4, -0.2) is 31.6 Å². The van der Waals surface area contributed by atoms with Crippen LogP contribution >= 0.6 is 0 Å². The fourth-order valence-electron chi connectivity index (χ4n) is 3.80. The third-order valence-electron chi connectivity index (χ3n) is 5.67. The number of hydrogen-bond donors (Lipinski definition) is 0. The van der Waals surface area contributed by atoms with E-state index in [1.165, 1.54) is 5.56 Å². The van der Waals surface area contributed by atoms with Crippen molar-refractivity contribution in [3.8, 4) is 17.2 Å². The number of benzene rings is 2. The minimum absolute atomic E-state index is 0.0304. The third kappa shape index (κ3) is 4.67. The van der Waals surface area contributed by atoms with Crippen molar-refractivity contribution in [1.29, 1.82) is 0 Å². The Balaban J connectivity index is 1.39. The molecule has 0 saturated carbocycles. The van der Waals surface area contributed by atoms with Gasteiger partial charge >= 0.3 is 0 Å². The summed E-state index contributed by atoms with van der Waals surface area (Å²) in [7, 11) is 3.17. The Morgan fingerprint density at radius 1 is 1.00 bits per heavy atom. The molecular formula is C27H27NO4. The van der Waals surface area contributed by atoms with Gasteiger partial charge in [0.25, 0.3) is 0 Å². The van der Waals surface area contributed by atoms with E-state index in [9.17, 15) is 4.79 Å². The van der Waals surface area contributed by atoms with E-state index in [2.05, 4.69) is 24.0 Å². The lowest BCUT2D eigenvalue weighted by atomic mass is 10.1. The number of nitrogens with zero attached hydrogens (tertiary/aromatic N) is 1. The smallest absolute Gasteiger partial charge is 0.189 e. The lowest BCUT2D eigenvalue weighted by molar-refractivity contribution is 0.104. The molecule has 0 spiro atoms. The minimum Gasteiger partial charge on any atom is -0.493 e. The van der Waals surface area contributed by atoms with E-state index in [1.807, 2.05) is 42.6 Å². The highest BCUT2D eigenvalue weighted by Crippen LogP contribution is 2.37. The van der Waals surface area contributed by atoms with Crippen LogP contribution in [-0.2, 0) is 19.3 Å². The summed E-state index contributed by atoms with van der Waals surface area (Å²) in [5, 5.41) is 0. The van der Waals surface area contributed by atoms with E-state index >= 15 is 0 Å². The molecule has 164 valence electrons. The molecule has 2 aromatic carbocycles. The summed E-state index contributed by atoms with van der Waals surface area (Å²) in [6, 6.07) is 15.6. The molecule has 1 aliphatic carbocycles. The lowest BCUT2D eigenvalue weighted by Crippen LogP contribution is -2.03. The van der Waals surface area contributed by atoms with Crippen molar-refractivity contribution in [3.05, 3.63) is 88.2 Å². The van der Waals surface area contributed by atoms with E-state index in [-0.39, 0.29) is 5.78 Å². The van der Waals surface area contributed by atoms with Gasteiger partial charge in [-0.3, -0.25) is 9.78 Å². The SMILES string of the molecule is CCc1ccc(CCOc2ccc(C=C3Cc4cc(OC)c(OC)cc4C3=O)cc2)nc1. The maximum absolute atomic E-state index is 12.9. The maximum atomic E-state index is 12.9. The summed E-state index contributed by atoms with van der Waals surface area (Å²) in [5.41, 5.74) is 5.61. The first-order valence-corrected chi connectivity index (χ1v) is 10.8. The fourth-order valence-corrected chi connectivity index (χ4v) is 3.80. The number of pyridine rings is 1. The second kappa shape index (κ2) is 9.69. The first-order valence-electron chi connectivity index (χ1n) is 10.8. The van der Waals surface area contributed by atoms with E-state index < -0.39 is 0 Å². The molecule has 1 aromatic heterocycles. The molecule has 3 aromatic rings. The Labute approximate surface area is 188 Å². The Kier molecular flexibility index (Phi) is 6.55. The Hall–Kier alpha value is -3.60. The van der Waals surface area contributed by atoms with Gasteiger partial charge in [-0.15, -0.1) is 0 Å². The highest BCUT2D eigenvalue weighted by Gasteiger charge is 2.27. The number of aryl methyl sites for hydroxylation is 1. The monoisotopic (exact) mass is 429 g/mol. The number of carbonyl (C=O) groups is 1. The van der Waals surface area contributed by atoms with Crippen LogP contribution in [0.15, 0.2) is 60.3 Å². The first-order chi connectivity index (χ1) is 15.6. The molecule has 0 radical (unpaired) electrons. The number of ether oxygens (including phenoxy) is 3. The number of methoxy groups -OCH3 is 2. The Morgan fingerprint density at radius 2 is 1.75 bits per heavy atom. The predicted octanol–water partition coefficient (Wildman–Crippen LogP) is 5.11. The van der Waals surface area contributed by atoms with E-state index in [0.717, 1.165) is 41.0 Å². The van der Waals surface area contributed by atoms with Gasteiger partial charge in [0.2, 0.25) is 0 Å². The van der Waals surface area contributed by atoms with Crippen LogP contribution in [0.2, 0.25) is 0 Å². The summed E-state index contributed by atoms with van der Waals surface area (Å²) >= 11 is 0. The van der Waals surface area contributed by atoms with Crippen LogP contribution < -0.4 is 14.2 Å². The summed E-state index contributed by atoms with van der Waals surface area (Å²) in [6.45, 7) is 2.69. The van der Waals surface area contributed by atoms with Crippen molar-refractivity contribution in [2.75, 3.05) is 20.8 Å². The molecule has 0 atom stereocenters. The molecule has 1 aliphatic rings. The number of aromatic nitrogens is 1. The van der Waals surface area contributed by atoms with Gasteiger partial charge in [-0.1, -0.05) is 25.1 Å². The largest absolute Gasteiger partial charge is 0.493 e. The molecule has 0 N–H and O–H groups in total. The molecule has 0 aliphatic heterocycles. The van der Waals surface area contributed by atoms with Crippen molar-refractivity contribution in [2.24, 2.45) is 0 Å². The molecule has 5 heteroatoms. The molecule has 0 bridgehead atoms.